The van der Waals surface area contributed by atoms with Gasteiger partial charge in [0.05, 0.1) is 32.3 Å². The van der Waals surface area contributed by atoms with Crippen LogP contribution in [0.15, 0.2) is 0 Å². The van der Waals surface area contributed by atoms with Crippen molar-refractivity contribution in [2.24, 2.45) is 11.8 Å². The smallest absolute Gasteiger partial charge is 0.0941 e. The molecule has 94 valence electrons. The van der Waals surface area contributed by atoms with Gasteiger partial charge < -0.3 is 33.6 Å². The second-order valence-electron chi connectivity index (χ2n) is 6.27. The van der Waals surface area contributed by atoms with Crippen molar-refractivity contribution in [2.45, 2.75) is 50.7 Å². The highest BCUT2D eigenvalue weighted by Gasteiger charge is 2.51. The summed E-state index contributed by atoms with van der Waals surface area (Å²) < 4.78 is 1.27. The van der Waals surface area contributed by atoms with Gasteiger partial charge in [-0.1, -0.05) is 0 Å². The van der Waals surface area contributed by atoms with E-state index in [-0.39, 0.29) is 30.1 Å². The van der Waals surface area contributed by atoms with Gasteiger partial charge in [-0.05, 0) is 25.2 Å². The van der Waals surface area contributed by atoms with Crippen LogP contribution in [0.3, 0.4) is 0 Å². The SMILES string of the molecule is C[N+]1(C2CCC3CCC2C3O)CCCC1.[I-]. The second-order valence-corrected chi connectivity index (χ2v) is 6.27. The van der Waals surface area contributed by atoms with Gasteiger partial charge in [-0.25, -0.2) is 0 Å². The van der Waals surface area contributed by atoms with Gasteiger partial charge in [-0.3, -0.25) is 0 Å². The fraction of sp³-hybridized carbons (Fsp3) is 1.00. The van der Waals surface area contributed by atoms with Gasteiger partial charge >= 0.3 is 0 Å². The molecule has 2 aliphatic carbocycles. The van der Waals surface area contributed by atoms with Crippen molar-refractivity contribution < 1.29 is 33.6 Å². The third kappa shape index (κ3) is 1.93. The number of halogens is 1. The lowest BCUT2D eigenvalue weighted by Crippen LogP contribution is -3.00. The Balaban J connectivity index is 0.000000963. The van der Waals surface area contributed by atoms with Crippen LogP contribution >= 0.6 is 0 Å². The Bertz CT molecular complexity index is 252. The van der Waals surface area contributed by atoms with Crippen molar-refractivity contribution in [3.63, 3.8) is 0 Å². The number of fused-ring (bicyclic) bond motifs is 2. The molecule has 0 radical (unpaired) electrons. The van der Waals surface area contributed by atoms with Crippen molar-refractivity contribution >= 4 is 0 Å². The average Bonchev–Trinajstić information content (AvgIpc) is 2.72. The van der Waals surface area contributed by atoms with E-state index in [0.29, 0.717) is 11.8 Å². The van der Waals surface area contributed by atoms with Crippen LogP contribution in [0.2, 0.25) is 0 Å². The van der Waals surface area contributed by atoms with E-state index in [1.54, 1.807) is 0 Å². The van der Waals surface area contributed by atoms with Gasteiger partial charge in [0.1, 0.15) is 0 Å². The van der Waals surface area contributed by atoms with Gasteiger partial charge in [0.25, 0.3) is 0 Å². The highest BCUT2D eigenvalue weighted by atomic mass is 127. The summed E-state index contributed by atoms with van der Waals surface area (Å²) in [6.07, 6.45) is 8.10. The van der Waals surface area contributed by atoms with Crippen LogP contribution in [0.25, 0.3) is 0 Å². The maximum Gasteiger partial charge on any atom is 0.0941 e. The molecule has 2 nitrogen and oxygen atoms in total. The molecule has 0 spiro atoms. The minimum absolute atomic E-state index is 0. The number of aliphatic hydroxyl groups is 1. The maximum atomic E-state index is 10.2. The number of hydrogen-bond acceptors (Lipinski definition) is 1. The molecule has 3 fully saturated rings. The molecule has 1 aliphatic heterocycles. The Morgan fingerprint density at radius 1 is 1.00 bits per heavy atom. The Morgan fingerprint density at radius 2 is 1.62 bits per heavy atom. The molecule has 2 bridgehead atoms. The van der Waals surface area contributed by atoms with Crippen LogP contribution < -0.4 is 24.0 Å². The predicted molar refractivity (Wildman–Crippen MR) is 60.4 cm³/mol. The molecule has 4 unspecified atom stereocenters. The van der Waals surface area contributed by atoms with E-state index in [1.807, 2.05) is 0 Å². The Morgan fingerprint density at radius 3 is 2.31 bits per heavy atom. The predicted octanol–water partition coefficient (Wildman–Crippen LogP) is -1.22. The molecule has 0 aromatic rings. The Labute approximate surface area is 116 Å². The molecule has 1 saturated heterocycles. The summed E-state index contributed by atoms with van der Waals surface area (Å²) in [6, 6.07) is 0.779. The molecule has 3 rings (SSSR count). The van der Waals surface area contributed by atoms with Crippen molar-refractivity contribution in [3.05, 3.63) is 0 Å². The summed E-state index contributed by atoms with van der Waals surface area (Å²) in [7, 11) is 2.43. The summed E-state index contributed by atoms with van der Waals surface area (Å²) in [4.78, 5) is 0. The molecule has 1 heterocycles. The fourth-order valence-corrected chi connectivity index (χ4v) is 4.60. The van der Waals surface area contributed by atoms with Crippen LogP contribution in [-0.4, -0.2) is 41.9 Å². The number of aliphatic hydroxyl groups excluding tert-OH is 1. The topological polar surface area (TPSA) is 20.2 Å². The van der Waals surface area contributed by atoms with E-state index in [0.717, 1.165) is 6.04 Å². The molecular formula is C13H24INO. The van der Waals surface area contributed by atoms with Gasteiger partial charge in [0.2, 0.25) is 0 Å². The summed E-state index contributed by atoms with van der Waals surface area (Å²) in [6.45, 7) is 2.72. The van der Waals surface area contributed by atoms with Gasteiger partial charge in [-0.15, -0.1) is 0 Å². The highest BCUT2D eigenvalue weighted by molar-refractivity contribution is 4.94. The van der Waals surface area contributed by atoms with E-state index >= 15 is 0 Å². The molecular weight excluding hydrogens is 313 g/mol. The van der Waals surface area contributed by atoms with E-state index in [4.69, 9.17) is 0 Å². The zero-order valence-corrected chi connectivity index (χ0v) is 12.4. The van der Waals surface area contributed by atoms with E-state index < -0.39 is 0 Å². The summed E-state index contributed by atoms with van der Waals surface area (Å²) >= 11 is 0. The minimum atomic E-state index is 0. The monoisotopic (exact) mass is 337 g/mol. The molecule has 3 aliphatic rings. The summed E-state index contributed by atoms with van der Waals surface area (Å²) in [5, 5.41) is 10.2. The zero-order chi connectivity index (χ0) is 10.5. The minimum Gasteiger partial charge on any atom is -1.00 e. The standard InChI is InChI=1S/C13H24NO.HI/c1-14(8-2-3-9-14)12-7-5-10-4-6-11(12)13(10)15;/h10-13,15H,2-9H2,1H3;1H/q+1;/p-1. The van der Waals surface area contributed by atoms with E-state index in [1.165, 1.54) is 56.1 Å². The maximum absolute atomic E-state index is 10.2. The lowest BCUT2D eigenvalue weighted by molar-refractivity contribution is -0.927. The van der Waals surface area contributed by atoms with Crippen molar-refractivity contribution in [3.8, 4) is 0 Å². The quantitative estimate of drug-likeness (QED) is 0.470. The first-order valence-electron chi connectivity index (χ1n) is 6.73. The molecule has 0 aromatic carbocycles. The first kappa shape index (κ1) is 13.1. The Kier molecular flexibility index (Phi) is 3.87. The lowest BCUT2D eigenvalue weighted by Gasteiger charge is -2.45. The number of quaternary nitrogens is 1. The number of rotatable bonds is 1. The van der Waals surface area contributed by atoms with Gasteiger partial charge in [0.15, 0.2) is 0 Å². The molecule has 1 N–H and O–H groups in total. The molecule has 3 heteroatoms. The molecule has 0 amide bonds. The largest absolute Gasteiger partial charge is 1.00 e. The van der Waals surface area contributed by atoms with Crippen molar-refractivity contribution in [1.82, 2.24) is 0 Å². The van der Waals surface area contributed by atoms with Crippen LogP contribution in [0.5, 0.6) is 0 Å². The van der Waals surface area contributed by atoms with Crippen LogP contribution in [0, 0.1) is 11.8 Å². The van der Waals surface area contributed by atoms with Crippen molar-refractivity contribution in [2.75, 3.05) is 20.1 Å². The highest BCUT2D eigenvalue weighted by Crippen LogP contribution is 2.46. The summed E-state index contributed by atoms with van der Waals surface area (Å²) in [5.74, 6) is 1.28. The van der Waals surface area contributed by atoms with Crippen LogP contribution in [-0.2, 0) is 0 Å². The molecule has 2 saturated carbocycles. The van der Waals surface area contributed by atoms with Crippen molar-refractivity contribution in [1.29, 1.82) is 0 Å². The molecule has 0 aromatic heterocycles. The first-order chi connectivity index (χ1) is 7.21. The van der Waals surface area contributed by atoms with Crippen LogP contribution in [0.1, 0.15) is 38.5 Å². The van der Waals surface area contributed by atoms with E-state index in [9.17, 15) is 5.11 Å². The zero-order valence-electron chi connectivity index (χ0n) is 10.2. The van der Waals surface area contributed by atoms with Crippen LogP contribution in [0.4, 0.5) is 0 Å². The second kappa shape index (κ2) is 4.73. The molecule has 16 heavy (non-hydrogen) atoms. The third-order valence-corrected chi connectivity index (χ3v) is 5.51. The first-order valence-corrected chi connectivity index (χ1v) is 6.73. The summed E-state index contributed by atoms with van der Waals surface area (Å²) in [5.41, 5.74) is 0. The number of hydrogen-bond donors (Lipinski definition) is 1. The molecule has 4 atom stereocenters. The Hall–Kier alpha value is 0.650. The third-order valence-electron chi connectivity index (χ3n) is 5.51. The average molecular weight is 337 g/mol. The van der Waals surface area contributed by atoms with Gasteiger partial charge in [-0.2, -0.15) is 0 Å². The van der Waals surface area contributed by atoms with E-state index in [2.05, 4.69) is 7.05 Å². The normalized spacial score (nSPS) is 45.4. The fourth-order valence-electron chi connectivity index (χ4n) is 4.60. The van der Waals surface area contributed by atoms with Gasteiger partial charge in [0, 0.05) is 25.2 Å². The number of likely N-dealkylation sites (tertiary alicyclic amines) is 1. The number of nitrogens with zero attached hydrogens (tertiary/aromatic N) is 1. The lowest BCUT2D eigenvalue weighted by atomic mass is 9.80.